The minimum Gasteiger partial charge on any atom is -0.384 e. The number of nitrogens with two attached hydrogens (primary N) is 1. The predicted molar refractivity (Wildman–Crippen MR) is 113 cm³/mol. The summed E-state index contributed by atoms with van der Waals surface area (Å²) >= 11 is 1.55. The van der Waals surface area contributed by atoms with Crippen molar-refractivity contribution in [2.24, 2.45) is 11.1 Å². The molecule has 1 aromatic carbocycles. The molecule has 4 nitrogen and oxygen atoms in total. The minimum absolute atomic E-state index is 0.00566. The average Bonchev–Trinajstić information content (AvgIpc) is 3.07. The molecule has 1 aliphatic heterocycles. The van der Waals surface area contributed by atoms with Crippen LogP contribution in [0.4, 0.5) is 10.1 Å². The molecule has 1 unspecified atom stereocenters. The van der Waals surface area contributed by atoms with Gasteiger partial charge in [0, 0.05) is 27.4 Å². The summed E-state index contributed by atoms with van der Waals surface area (Å²) in [4.78, 5) is 16.9. The van der Waals surface area contributed by atoms with E-state index in [1.807, 2.05) is 32.9 Å². The van der Waals surface area contributed by atoms with Gasteiger partial charge in [-0.1, -0.05) is 26.0 Å². The van der Waals surface area contributed by atoms with Crippen molar-refractivity contribution in [1.29, 1.82) is 5.26 Å². The van der Waals surface area contributed by atoms with Crippen LogP contribution < -0.4 is 10.6 Å². The lowest BCUT2D eigenvalue weighted by molar-refractivity contribution is -0.118. The summed E-state index contributed by atoms with van der Waals surface area (Å²) in [5, 5.41) is 9.98. The molecular formula is C23H22FN3OS. The van der Waals surface area contributed by atoms with Crippen LogP contribution in [0.3, 0.4) is 0 Å². The van der Waals surface area contributed by atoms with Crippen LogP contribution in [0, 0.1) is 29.5 Å². The molecule has 2 heterocycles. The Balaban J connectivity index is 2.02. The van der Waals surface area contributed by atoms with Crippen molar-refractivity contribution in [3.8, 4) is 6.07 Å². The third kappa shape index (κ3) is 3.16. The molecule has 1 aromatic heterocycles. The Morgan fingerprint density at radius 3 is 2.59 bits per heavy atom. The number of carbonyl (C=O) groups excluding carboxylic acids is 1. The number of hydrogen-bond donors (Lipinski definition) is 1. The minimum atomic E-state index is -0.500. The molecule has 2 aliphatic rings. The molecule has 0 spiro atoms. The number of halogens is 1. The van der Waals surface area contributed by atoms with Crippen molar-refractivity contribution in [3.05, 3.63) is 74.6 Å². The van der Waals surface area contributed by atoms with Gasteiger partial charge in [0.25, 0.3) is 0 Å². The summed E-state index contributed by atoms with van der Waals surface area (Å²) in [6.45, 7) is 6.04. The Labute approximate surface area is 173 Å². The smallest absolute Gasteiger partial charge is 0.162 e. The van der Waals surface area contributed by atoms with Crippen molar-refractivity contribution in [1.82, 2.24) is 0 Å². The highest BCUT2D eigenvalue weighted by atomic mass is 32.1. The molecule has 1 aliphatic carbocycles. The summed E-state index contributed by atoms with van der Waals surface area (Å²) in [5.74, 6) is -0.757. The van der Waals surface area contributed by atoms with Gasteiger partial charge in [0.2, 0.25) is 0 Å². The van der Waals surface area contributed by atoms with Crippen molar-refractivity contribution in [3.63, 3.8) is 0 Å². The maximum absolute atomic E-state index is 14.7. The van der Waals surface area contributed by atoms with E-state index in [-0.39, 0.29) is 22.7 Å². The molecule has 4 rings (SSSR count). The average molecular weight is 408 g/mol. The summed E-state index contributed by atoms with van der Waals surface area (Å²) < 4.78 is 14.7. The summed E-state index contributed by atoms with van der Waals surface area (Å²) in [5.41, 5.74) is 8.03. The molecule has 29 heavy (non-hydrogen) atoms. The number of ketones is 1. The molecule has 0 radical (unpaired) electrons. The number of nitrogens with zero attached hydrogens (tertiary/aromatic N) is 2. The van der Waals surface area contributed by atoms with Crippen LogP contribution in [0.15, 0.2) is 59.1 Å². The third-order valence-corrected chi connectivity index (χ3v) is 6.59. The number of rotatable bonds is 2. The first-order valence-corrected chi connectivity index (χ1v) is 10.3. The normalized spacial score (nSPS) is 21.3. The number of thiophene rings is 1. The van der Waals surface area contributed by atoms with Crippen LogP contribution in [0.25, 0.3) is 0 Å². The topological polar surface area (TPSA) is 70.1 Å². The highest BCUT2D eigenvalue weighted by molar-refractivity contribution is 7.12. The quantitative estimate of drug-likeness (QED) is 0.749. The fourth-order valence-corrected chi connectivity index (χ4v) is 5.31. The molecule has 148 valence electrons. The van der Waals surface area contributed by atoms with Gasteiger partial charge in [-0.15, -0.1) is 11.3 Å². The van der Waals surface area contributed by atoms with Crippen LogP contribution in [-0.4, -0.2) is 5.78 Å². The molecule has 2 N–H and O–H groups in total. The SMILES string of the molecule is Cc1ccc(C2C(C#N)=C(N)N(c3ccccc3F)C3=C2C(=O)CC(C)(C)C3)s1. The van der Waals surface area contributed by atoms with E-state index >= 15 is 0 Å². The number of carbonyl (C=O) groups is 1. The fraction of sp³-hybridized carbons (Fsp3) is 0.304. The molecular weight excluding hydrogens is 385 g/mol. The first-order valence-electron chi connectivity index (χ1n) is 9.50. The van der Waals surface area contributed by atoms with Crippen LogP contribution in [-0.2, 0) is 4.79 Å². The van der Waals surface area contributed by atoms with E-state index in [4.69, 9.17) is 5.73 Å². The van der Waals surface area contributed by atoms with Gasteiger partial charge in [0.05, 0.1) is 23.2 Å². The molecule has 0 bridgehead atoms. The Morgan fingerprint density at radius 2 is 1.97 bits per heavy atom. The molecule has 2 aromatic rings. The van der Waals surface area contributed by atoms with E-state index < -0.39 is 11.7 Å². The second-order valence-electron chi connectivity index (χ2n) is 8.38. The van der Waals surface area contributed by atoms with Gasteiger partial charge in [-0.25, -0.2) is 4.39 Å². The summed E-state index contributed by atoms with van der Waals surface area (Å²) in [6.07, 6.45) is 0.957. The van der Waals surface area contributed by atoms with Crippen LogP contribution in [0.5, 0.6) is 0 Å². The number of hydrogen-bond acceptors (Lipinski definition) is 5. The highest BCUT2D eigenvalue weighted by Crippen LogP contribution is 2.51. The van der Waals surface area contributed by atoms with E-state index in [2.05, 4.69) is 6.07 Å². The second-order valence-corrected chi connectivity index (χ2v) is 9.70. The van der Waals surface area contributed by atoms with Gasteiger partial charge < -0.3 is 5.73 Å². The van der Waals surface area contributed by atoms with Crippen molar-refractivity contribution in [2.75, 3.05) is 4.90 Å². The Kier molecular flexibility index (Phi) is 4.59. The standard InChI is InChI=1S/C23H22FN3OS/c1-13-8-9-19(29-13)20-14(12-25)22(26)27(16-7-5-4-6-15(16)24)17-10-23(2,3)11-18(28)21(17)20/h4-9,20H,10-11,26H2,1-3H3. The van der Waals surface area contributed by atoms with Crippen LogP contribution >= 0.6 is 11.3 Å². The lowest BCUT2D eigenvalue weighted by Gasteiger charge is -2.43. The maximum Gasteiger partial charge on any atom is 0.162 e. The number of benzene rings is 1. The first-order chi connectivity index (χ1) is 13.7. The second kappa shape index (κ2) is 6.85. The fourth-order valence-electron chi connectivity index (χ4n) is 4.31. The lowest BCUT2D eigenvalue weighted by Crippen LogP contribution is -2.42. The monoisotopic (exact) mass is 407 g/mol. The third-order valence-electron chi connectivity index (χ3n) is 5.52. The van der Waals surface area contributed by atoms with Gasteiger partial charge in [0.15, 0.2) is 5.78 Å². The van der Waals surface area contributed by atoms with E-state index in [1.165, 1.54) is 6.07 Å². The van der Waals surface area contributed by atoms with E-state index in [0.717, 1.165) is 9.75 Å². The van der Waals surface area contributed by atoms with E-state index in [9.17, 15) is 14.4 Å². The maximum atomic E-state index is 14.7. The highest BCUT2D eigenvalue weighted by Gasteiger charge is 2.45. The zero-order valence-corrected chi connectivity index (χ0v) is 17.4. The number of aryl methyl sites for hydroxylation is 1. The van der Waals surface area contributed by atoms with Crippen molar-refractivity contribution in [2.45, 2.75) is 39.5 Å². The van der Waals surface area contributed by atoms with Gasteiger partial charge >= 0.3 is 0 Å². The first kappa shape index (κ1) is 19.4. The Bertz CT molecular complexity index is 1120. The van der Waals surface area contributed by atoms with E-state index in [0.29, 0.717) is 29.7 Å². The largest absolute Gasteiger partial charge is 0.384 e. The number of anilines is 1. The zero-order valence-electron chi connectivity index (χ0n) is 16.6. The van der Waals surface area contributed by atoms with Crippen LogP contribution in [0.1, 0.15) is 42.4 Å². The predicted octanol–water partition coefficient (Wildman–Crippen LogP) is 5.14. The molecule has 0 amide bonds. The molecule has 6 heteroatoms. The molecule has 0 saturated carbocycles. The molecule has 1 atom stereocenters. The Hall–Kier alpha value is -2.91. The van der Waals surface area contributed by atoms with Crippen molar-refractivity contribution >= 4 is 22.8 Å². The number of nitriles is 1. The lowest BCUT2D eigenvalue weighted by atomic mass is 9.69. The van der Waals surface area contributed by atoms with Gasteiger partial charge in [-0.05, 0) is 43.0 Å². The molecule has 0 saturated heterocycles. The summed E-state index contributed by atoms with van der Waals surface area (Å²) in [6, 6.07) is 12.5. The summed E-state index contributed by atoms with van der Waals surface area (Å²) in [7, 11) is 0. The van der Waals surface area contributed by atoms with Gasteiger partial charge in [-0.3, -0.25) is 9.69 Å². The van der Waals surface area contributed by atoms with E-state index in [1.54, 1.807) is 34.4 Å². The van der Waals surface area contributed by atoms with Gasteiger partial charge in [-0.2, -0.15) is 5.26 Å². The zero-order chi connectivity index (χ0) is 20.9. The Morgan fingerprint density at radius 1 is 1.24 bits per heavy atom. The number of para-hydroxylation sites is 1. The van der Waals surface area contributed by atoms with Crippen molar-refractivity contribution < 1.29 is 9.18 Å². The van der Waals surface area contributed by atoms with Crippen LogP contribution in [0.2, 0.25) is 0 Å². The molecule has 0 fully saturated rings. The van der Waals surface area contributed by atoms with Gasteiger partial charge in [0.1, 0.15) is 11.6 Å². The number of Topliss-reactive ketones (excluding diaryl/α,β-unsaturated/α-hetero) is 1. The number of allylic oxidation sites excluding steroid dienone is 3.